The lowest BCUT2D eigenvalue weighted by atomic mass is 10.2. The van der Waals surface area contributed by atoms with Crippen LogP contribution in [0.2, 0.25) is 0 Å². The Balaban J connectivity index is 0.00000225. The van der Waals surface area contributed by atoms with Gasteiger partial charge in [0, 0.05) is 13.5 Å². The molecule has 0 N–H and O–H groups in total. The predicted octanol–water partition coefficient (Wildman–Crippen LogP) is 3.43. The fourth-order valence-electron chi connectivity index (χ4n) is 2.36. The lowest BCUT2D eigenvalue weighted by Gasteiger charge is -2.14. The predicted molar refractivity (Wildman–Crippen MR) is 98.2 cm³/mol. The van der Waals surface area contributed by atoms with Gasteiger partial charge in [0.25, 0.3) is 5.91 Å². The van der Waals surface area contributed by atoms with Crippen LogP contribution in [0.25, 0.3) is 0 Å². The lowest BCUT2D eigenvalue weighted by Crippen LogP contribution is -2.26. The van der Waals surface area contributed by atoms with Crippen LogP contribution in [0, 0.1) is 13.8 Å². The van der Waals surface area contributed by atoms with Crippen molar-refractivity contribution in [3.05, 3.63) is 62.9 Å². The Hall–Kier alpha value is -2.25. The molecule has 0 atom stereocenters. The summed E-state index contributed by atoms with van der Waals surface area (Å²) in [5.41, 5.74) is 3.30. The molecule has 0 saturated heterocycles. The third-order valence-corrected chi connectivity index (χ3v) is 4.86. The first kappa shape index (κ1) is 19.1. The average molecular weight is 379 g/mol. The van der Waals surface area contributed by atoms with E-state index in [0.29, 0.717) is 22.8 Å². The number of carbonyl (C=O) groups is 1. The average Bonchev–Trinajstić information content (AvgIpc) is 3.13. The Morgan fingerprint density at radius 3 is 2.52 bits per heavy atom. The van der Waals surface area contributed by atoms with Gasteiger partial charge in [-0.15, -0.1) is 23.7 Å². The van der Waals surface area contributed by atoms with E-state index < -0.39 is 0 Å². The Kier molecular flexibility index (Phi) is 6.27. The molecular weight excluding hydrogens is 360 g/mol. The molecule has 3 aromatic rings. The summed E-state index contributed by atoms with van der Waals surface area (Å²) < 4.78 is 4.68. The third kappa shape index (κ3) is 4.43. The van der Waals surface area contributed by atoms with Crippen molar-refractivity contribution in [3.8, 4) is 0 Å². The first-order valence-electron chi connectivity index (χ1n) is 7.58. The molecule has 2 heterocycles. The Morgan fingerprint density at radius 2 is 1.88 bits per heavy atom. The third-order valence-electron chi connectivity index (χ3n) is 3.71. The maximum absolute atomic E-state index is 12.7. The second-order valence-corrected chi connectivity index (χ2v) is 6.73. The number of hydrogen-bond donors (Lipinski definition) is 0. The van der Waals surface area contributed by atoms with Gasteiger partial charge in [0.15, 0.2) is 0 Å². The maximum atomic E-state index is 12.7. The Bertz CT molecular complexity index is 847. The number of hydrogen-bond acceptors (Lipinski definition) is 6. The SMILES string of the molecule is Cc1nonc1CN(C)C(=O)c1sc(Cc2ccccc2)nc1C.Cl. The summed E-state index contributed by atoms with van der Waals surface area (Å²) in [6.45, 7) is 4.04. The highest BCUT2D eigenvalue weighted by Crippen LogP contribution is 2.22. The van der Waals surface area contributed by atoms with Crippen molar-refractivity contribution < 1.29 is 9.42 Å². The molecule has 6 nitrogen and oxygen atoms in total. The molecule has 25 heavy (non-hydrogen) atoms. The van der Waals surface area contributed by atoms with Crippen molar-refractivity contribution in [2.45, 2.75) is 26.8 Å². The molecule has 0 spiro atoms. The summed E-state index contributed by atoms with van der Waals surface area (Å²) in [4.78, 5) is 19.5. The molecule has 0 saturated carbocycles. The van der Waals surface area contributed by atoms with Gasteiger partial charge in [0.1, 0.15) is 16.3 Å². The molecule has 2 aromatic heterocycles. The second-order valence-electron chi connectivity index (χ2n) is 5.64. The fourth-order valence-corrected chi connectivity index (χ4v) is 3.45. The van der Waals surface area contributed by atoms with E-state index in [0.717, 1.165) is 17.1 Å². The zero-order valence-electron chi connectivity index (χ0n) is 14.2. The molecule has 1 amide bonds. The minimum atomic E-state index is -0.0632. The number of rotatable bonds is 5. The number of amides is 1. The summed E-state index contributed by atoms with van der Waals surface area (Å²) in [7, 11) is 1.74. The number of halogens is 1. The minimum Gasteiger partial charge on any atom is -0.335 e. The number of benzene rings is 1. The van der Waals surface area contributed by atoms with Crippen LogP contribution in [-0.2, 0) is 13.0 Å². The van der Waals surface area contributed by atoms with E-state index in [1.807, 2.05) is 25.1 Å². The molecule has 3 rings (SSSR count). The summed E-state index contributed by atoms with van der Waals surface area (Å²) >= 11 is 1.45. The van der Waals surface area contributed by atoms with Crippen LogP contribution in [0.3, 0.4) is 0 Å². The van der Waals surface area contributed by atoms with Gasteiger partial charge in [-0.2, -0.15) is 0 Å². The highest BCUT2D eigenvalue weighted by Gasteiger charge is 2.21. The molecule has 0 aliphatic heterocycles. The summed E-state index contributed by atoms with van der Waals surface area (Å²) in [6.07, 6.45) is 0.732. The highest BCUT2D eigenvalue weighted by atomic mass is 35.5. The zero-order valence-corrected chi connectivity index (χ0v) is 15.9. The van der Waals surface area contributed by atoms with Gasteiger partial charge >= 0.3 is 0 Å². The molecule has 0 aliphatic rings. The molecular formula is C17H19ClN4O2S. The quantitative estimate of drug-likeness (QED) is 0.680. The smallest absolute Gasteiger partial charge is 0.265 e. The van der Waals surface area contributed by atoms with Crippen LogP contribution in [0.15, 0.2) is 35.0 Å². The van der Waals surface area contributed by atoms with E-state index >= 15 is 0 Å². The Labute approximate surface area is 156 Å². The number of thiazole rings is 1. The maximum Gasteiger partial charge on any atom is 0.265 e. The fraction of sp³-hybridized carbons (Fsp3) is 0.294. The summed E-state index contributed by atoms with van der Waals surface area (Å²) in [6, 6.07) is 10.1. The van der Waals surface area contributed by atoms with Crippen molar-refractivity contribution in [1.82, 2.24) is 20.2 Å². The van der Waals surface area contributed by atoms with E-state index in [1.54, 1.807) is 18.9 Å². The van der Waals surface area contributed by atoms with Gasteiger partial charge in [-0.05, 0) is 19.4 Å². The first-order valence-corrected chi connectivity index (χ1v) is 8.40. The van der Waals surface area contributed by atoms with Crippen LogP contribution in [0.1, 0.15) is 37.3 Å². The van der Waals surface area contributed by atoms with Crippen LogP contribution in [0.4, 0.5) is 0 Å². The zero-order chi connectivity index (χ0) is 17.1. The second kappa shape index (κ2) is 8.22. The van der Waals surface area contributed by atoms with Crippen molar-refractivity contribution in [1.29, 1.82) is 0 Å². The highest BCUT2D eigenvalue weighted by molar-refractivity contribution is 7.13. The van der Waals surface area contributed by atoms with Crippen LogP contribution in [0.5, 0.6) is 0 Å². The first-order chi connectivity index (χ1) is 11.5. The lowest BCUT2D eigenvalue weighted by molar-refractivity contribution is 0.0785. The van der Waals surface area contributed by atoms with Gasteiger partial charge in [-0.1, -0.05) is 40.6 Å². The van der Waals surface area contributed by atoms with Crippen molar-refractivity contribution in [3.63, 3.8) is 0 Å². The van der Waals surface area contributed by atoms with Gasteiger partial charge in [0.2, 0.25) is 0 Å². The van der Waals surface area contributed by atoms with Gasteiger partial charge in [-0.25, -0.2) is 9.61 Å². The molecule has 1 aromatic carbocycles. The molecule has 132 valence electrons. The minimum absolute atomic E-state index is 0. The number of aryl methyl sites for hydroxylation is 2. The number of aromatic nitrogens is 3. The molecule has 8 heteroatoms. The van der Waals surface area contributed by atoms with Gasteiger partial charge in [0.05, 0.1) is 17.2 Å². The molecule has 0 radical (unpaired) electrons. The summed E-state index contributed by atoms with van der Waals surface area (Å²) in [5.74, 6) is -0.0632. The van der Waals surface area contributed by atoms with Crippen molar-refractivity contribution >= 4 is 29.7 Å². The molecule has 0 fully saturated rings. The van der Waals surface area contributed by atoms with E-state index in [1.165, 1.54) is 16.9 Å². The van der Waals surface area contributed by atoms with Crippen molar-refractivity contribution in [2.24, 2.45) is 0 Å². The summed E-state index contributed by atoms with van der Waals surface area (Å²) in [5, 5.41) is 8.50. The Morgan fingerprint density at radius 1 is 1.16 bits per heavy atom. The topological polar surface area (TPSA) is 72.1 Å². The van der Waals surface area contributed by atoms with Crippen molar-refractivity contribution in [2.75, 3.05) is 7.05 Å². The number of carbonyl (C=O) groups excluding carboxylic acids is 1. The molecule has 0 unspecified atom stereocenters. The normalized spacial score (nSPS) is 10.4. The number of nitrogens with zero attached hydrogens (tertiary/aromatic N) is 4. The molecule has 0 aliphatic carbocycles. The van der Waals surface area contributed by atoms with Crippen LogP contribution >= 0.6 is 23.7 Å². The van der Waals surface area contributed by atoms with Crippen LogP contribution < -0.4 is 0 Å². The van der Waals surface area contributed by atoms with Crippen LogP contribution in [-0.4, -0.2) is 33.2 Å². The monoisotopic (exact) mass is 378 g/mol. The van der Waals surface area contributed by atoms with E-state index in [2.05, 4.69) is 32.1 Å². The molecule has 0 bridgehead atoms. The van der Waals surface area contributed by atoms with Gasteiger partial charge in [-0.3, -0.25) is 4.79 Å². The largest absolute Gasteiger partial charge is 0.335 e. The van der Waals surface area contributed by atoms with E-state index in [-0.39, 0.29) is 18.3 Å². The standard InChI is InChI=1S/C17H18N4O2S.ClH/c1-11-14(20-23-19-11)10-21(3)17(22)16-12(2)18-15(24-16)9-13-7-5-4-6-8-13;/h4-8H,9-10H2,1-3H3;1H. The van der Waals surface area contributed by atoms with E-state index in [9.17, 15) is 4.79 Å². The van der Waals surface area contributed by atoms with E-state index in [4.69, 9.17) is 0 Å². The van der Waals surface area contributed by atoms with Gasteiger partial charge < -0.3 is 4.90 Å².